The maximum Gasteiger partial charge on any atom is 0.254 e. The first kappa shape index (κ1) is 20.5. The van der Waals surface area contributed by atoms with Crippen molar-refractivity contribution >= 4 is 16.9 Å². The highest BCUT2D eigenvalue weighted by Gasteiger charge is 2.26. The van der Waals surface area contributed by atoms with Gasteiger partial charge >= 0.3 is 0 Å². The molecule has 4 heterocycles. The summed E-state index contributed by atoms with van der Waals surface area (Å²) in [4.78, 5) is 22.5. The van der Waals surface area contributed by atoms with Gasteiger partial charge in [0.15, 0.2) is 11.4 Å². The summed E-state index contributed by atoms with van der Waals surface area (Å²) in [5.41, 5.74) is 3.31. The average molecular weight is 411 g/mol. The molecule has 0 unspecified atom stereocenters. The molecule has 0 atom stereocenters. The molecule has 8 heteroatoms. The normalized spacial score (nSPS) is 15.6. The van der Waals surface area contributed by atoms with E-state index in [-0.39, 0.29) is 17.9 Å². The van der Waals surface area contributed by atoms with Crippen molar-refractivity contribution in [1.29, 1.82) is 0 Å². The van der Waals surface area contributed by atoms with Gasteiger partial charge in [0, 0.05) is 44.0 Å². The van der Waals surface area contributed by atoms with Crippen LogP contribution in [0.3, 0.4) is 0 Å². The number of hydrogen-bond acceptors (Lipinski definition) is 6. The van der Waals surface area contributed by atoms with E-state index < -0.39 is 0 Å². The van der Waals surface area contributed by atoms with Crippen LogP contribution in [0.1, 0.15) is 67.2 Å². The molecular weight excluding hydrogens is 380 g/mol. The summed E-state index contributed by atoms with van der Waals surface area (Å²) in [6.07, 6.45) is 1.78. The maximum atomic E-state index is 13.5. The molecule has 0 radical (unpaired) electrons. The largest absolute Gasteiger partial charge is 0.360 e. The molecule has 8 nitrogen and oxygen atoms in total. The second-order valence-corrected chi connectivity index (χ2v) is 8.67. The van der Waals surface area contributed by atoms with Gasteiger partial charge in [-0.3, -0.25) is 9.69 Å². The van der Waals surface area contributed by atoms with E-state index in [1.165, 1.54) is 0 Å². The topological polar surface area (TPSA) is 80.3 Å². The molecule has 160 valence electrons. The van der Waals surface area contributed by atoms with Crippen LogP contribution in [0.15, 0.2) is 22.9 Å². The molecule has 0 saturated carbocycles. The zero-order valence-corrected chi connectivity index (χ0v) is 18.4. The number of piperazine rings is 1. The number of rotatable bonds is 5. The molecule has 1 aliphatic heterocycles. The number of pyridine rings is 1. The zero-order valence-electron chi connectivity index (χ0n) is 18.4. The Kier molecular flexibility index (Phi) is 5.60. The monoisotopic (exact) mass is 410 g/mol. The van der Waals surface area contributed by atoms with Crippen molar-refractivity contribution in [3.8, 4) is 0 Å². The molecule has 0 bridgehead atoms. The van der Waals surface area contributed by atoms with E-state index in [0.29, 0.717) is 18.7 Å². The minimum absolute atomic E-state index is 0.0581. The predicted molar refractivity (Wildman–Crippen MR) is 114 cm³/mol. The first-order chi connectivity index (χ1) is 14.3. The number of carbonyl (C=O) groups is 1. The number of aromatic nitrogens is 4. The summed E-state index contributed by atoms with van der Waals surface area (Å²) in [6.45, 7) is 14.0. The van der Waals surface area contributed by atoms with Gasteiger partial charge in [-0.1, -0.05) is 19.0 Å². The van der Waals surface area contributed by atoms with Crippen molar-refractivity contribution in [2.75, 3.05) is 26.2 Å². The Hall–Kier alpha value is -2.74. The van der Waals surface area contributed by atoms with Crippen LogP contribution in [0.2, 0.25) is 0 Å². The van der Waals surface area contributed by atoms with E-state index in [4.69, 9.17) is 9.51 Å². The number of carbonyl (C=O) groups excluding carboxylic acids is 1. The van der Waals surface area contributed by atoms with Crippen LogP contribution in [0.4, 0.5) is 0 Å². The Labute approximate surface area is 176 Å². The van der Waals surface area contributed by atoms with Gasteiger partial charge in [0.2, 0.25) is 0 Å². The summed E-state index contributed by atoms with van der Waals surface area (Å²) in [5, 5.41) is 9.28. The third-order valence-electron chi connectivity index (χ3n) is 5.61. The van der Waals surface area contributed by atoms with Gasteiger partial charge in [0.25, 0.3) is 5.91 Å². The fourth-order valence-electron chi connectivity index (χ4n) is 3.88. The van der Waals surface area contributed by atoms with Gasteiger partial charge < -0.3 is 9.42 Å². The molecule has 0 N–H and O–H groups in total. The standard InChI is InChI=1S/C22H30N6O2/c1-14(2)20-11-18(19-12-23-28(15(3)4)21(19)24-20)22(29)27-8-6-26(7-9-27)13-17-10-16(5)25-30-17/h10-12,14-15H,6-9,13H2,1-5H3. The van der Waals surface area contributed by atoms with Crippen LogP contribution in [0.5, 0.6) is 0 Å². The van der Waals surface area contributed by atoms with Gasteiger partial charge in [-0.05, 0) is 32.8 Å². The molecule has 3 aromatic heterocycles. The van der Waals surface area contributed by atoms with Crippen LogP contribution in [0, 0.1) is 6.92 Å². The summed E-state index contributed by atoms with van der Waals surface area (Å²) < 4.78 is 7.23. The van der Waals surface area contributed by atoms with Crippen LogP contribution >= 0.6 is 0 Å². The molecule has 1 amide bonds. The van der Waals surface area contributed by atoms with E-state index in [0.717, 1.165) is 47.8 Å². The van der Waals surface area contributed by atoms with Crippen LogP contribution in [-0.2, 0) is 6.54 Å². The first-order valence-corrected chi connectivity index (χ1v) is 10.7. The lowest BCUT2D eigenvalue weighted by molar-refractivity contribution is 0.0619. The quantitative estimate of drug-likeness (QED) is 0.641. The Bertz CT molecular complexity index is 1040. The molecule has 3 aromatic rings. The molecule has 0 aromatic carbocycles. The Morgan fingerprint density at radius 3 is 2.47 bits per heavy atom. The highest BCUT2D eigenvalue weighted by atomic mass is 16.5. The lowest BCUT2D eigenvalue weighted by Gasteiger charge is -2.34. The highest BCUT2D eigenvalue weighted by Crippen LogP contribution is 2.26. The van der Waals surface area contributed by atoms with Crippen molar-refractivity contribution in [3.05, 3.63) is 41.0 Å². The van der Waals surface area contributed by atoms with Crippen LogP contribution < -0.4 is 0 Å². The van der Waals surface area contributed by atoms with E-state index in [2.05, 4.69) is 42.9 Å². The zero-order chi connectivity index (χ0) is 21.4. The third-order valence-corrected chi connectivity index (χ3v) is 5.61. The van der Waals surface area contributed by atoms with E-state index in [1.807, 2.05) is 28.6 Å². The number of nitrogens with zero attached hydrogens (tertiary/aromatic N) is 6. The fraction of sp³-hybridized carbons (Fsp3) is 0.545. The SMILES string of the molecule is Cc1cc(CN2CCN(C(=O)c3cc(C(C)C)nc4c3cnn4C(C)C)CC2)on1. The summed E-state index contributed by atoms with van der Waals surface area (Å²) in [7, 11) is 0. The minimum atomic E-state index is 0.0581. The third kappa shape index (κ3) is 3.96. The number of amides is 1. The van der Waals surface area contributed by atoms with Gasteiger partial charge in [-0.2, -0.15) is 5.10 Å². The fourth-order valence-corrected chi connectivity index (χ4v) is 3.88. The molecule has 1 aliphatic rings. The smallest absolute Gasteiger partial charge is 0.254 e. The summed E-state index contributed by atoms with van der Waals surface area (Å²) in [5.74, 6) is 1.16. The van der Waals surface area contributed by atoms with E-state index in [1.54, 1.807) is 6.20 Å². The molecule has 4 rings (SSSR count). The summed E-state index contributed by atoms with van der Waals surface area (Å²) in [6, 6.07) is 4.10. The second-order valence-electron chi connectivity index (χ2n) is 8.67. The maximum absolute atomic E-state index is 13.5. The van der Waals surface area contributed by atoms with Gasteiger partial charge in [0.1, 0.15) is 0 Å². The van der Waals surface area contributed by atoms with E-state index in [9.17, 15) is 4.79 Å². The van der Waals surface area contributed by atoms with Gasteiger partial charge in [-0.25, -0.2) is 9.67 Å². The molecule has 1 saturated heterocycles. The van der Waals surface area contributed by atoms with Crippen molar-refractivity contribution in [3.63, 3.8) is 0 Å². The van der Waals surface area contributed by atoms with Crippen molar-refractivity contribution in [2.24, 2.45) is 0 Å². The van der Waals surface area contributed by atoms with Crippen molar-refractivity contribution in [1.82, 2.24) is 29.7 Å². The predicted octanol–water partition coefficient (Wildman–Crippen LogP) is 3.39. The highest BCUT2D eigenvalue weighted by molar-refractivity contribution is 6.05. The number of hydrogen-bond donors (Lipinski definition) is 0. The molecule has 0 aliphatic carbocycles. The number of aryl methyl sites for hydroxylation is 1. The molecular formula is C22H30N6O2. The molecule has 0 spiro atoms. The Morgan fingerprint density at radius 1 is 1.13 bits per heavy atom. The minimum Gasteiger partial charge on any atom is -0.360 e. The lowest BCUT2D eigenvalue weighted by atomic mass is 10.0. The van der Waals surface area contributed by atoms with E-state index >= 15 is 0 Å². The van der Waals surface area contributed by atoms with Crippen LogP contribution in [0.25, 0.3) is 11.0 Å². The Morgan fingerprint density at radius 2 is 1.87 bits per heavy atom. The second kappa shape index (κ2) is 8.18. The van der Waals surface area contributed by atoms with Gasteiger partial charge in [0.05, 0.1) is 29.4 Å². The number of fused-ring (bicyclic) bond motifs is 1. The van der Waals surface area contributed by atoms with Crippen molar-refractivity contribution < 1.29 is 9.32 Å². The van der Waals surface area contributed by atoms with Crippen LogP contribution in [-0.4, -0.2) is 61.8 Å². The molecule has 30 heavy (non-hydrogen) atoms. The summed E-state index contributed by atoms with van der Waals surface area (Å²) >= 11 is 0. The van der Waals surface area contributed by atoms with Crippen molar-refractivity contribution in [2.45, 2.75) is 53.1 Å². The lowest BCUT2D eigenvalue weighted by Crippen LogP contribution is -2.48. The molecule has 1 fully saturated rings. The Balaban J connectivity index is 1.54. The first-order valence-electron chi connectivity index (χ1n) is 10.7. The van der Waals surface area contributed by atoms with Gasteiger partial charge in [-0.15, -0.1) is 0 Å². The average Bonchev–Trinajstić information content (AvgIpc) is 3.33.